The van der Waals surface area contributed by atoms with Crippen LogP contribution in [0.3, 0.4) is 0 Å². The molecule has 3 nitrogen and oxygen atoms in total. The van der Waals surface area contributed by atoms with Gasteiger partial charge in [-0.2, -0.15) is 0 Å². The Bertz CT molecular complexity index is 340. The normalized spacial score (nSPS) is 10.9. The van der Waals surface area contributed by atoms with Crippen molar-refractivity contribution in [1.82, 2.24) is 4.98 Å². The minimum atomic E-state index is -2.41. The number of rotatable bonds is 4. The Morgan fingerprint density at radius 3 is 2.79 bits per heavy atom. The number of alkyl halides is 2. The summed E-state index contributed by atoms with van der Waals surface area (Å²) in [6, 6.07) is 0. The first-order valence-corrected chi connectivity index (χ1v) is 5.42. The number of carboxylic acid groups (broad SMARTS) is 1. The van der Waals surface area contributed by atoms with Crippen LogP contribution in [0.4, 0.5) is 8.78 Å². The molecule has 1 rings (SSSR count). The molecule has 0 aromatic carbocycles. The summed E-state index contributed by atoms with van der Waals surface area (Å²) < 4.78 is 24.0. The van der Waals surface area contributed by atoms with E-state index in [0.29, 0.717) is 10.0 Å². The van der Waals surface area contributed by atoms with E-state index < -0.39 is 12.4 Å². The third kappa shape index (κ3) is 2.91. The van der Waals surface area contributed by atoms with Gasteiger partial charge in [0.05, 0.1) is 11.4 Å². The number of aromatic carboxylic acids is 1. The molecule has 0 aliphatic heterocycles. The topological polar surface area (TPSA) is 50.2 Å². The molecule has 0 bridgehead atoms. The fourth-order valence-corrected chi connectivity index (χ4v) is 2.56. The highest BCUT2D eigenvalue weighted by Crippen LogP contribution is 2.28. The lowest BCUT2D eigenvalue weighted by Gasteiger charge is -1.93. The average Bonchev–Trinajstić information content (AvgIpc) is 2.43. The fraction of sp³-hybridized carbons (Fsp3) is 0.429. The third-order valence-corrected chi connectivity index (χ3v) is 3.60. The third-order valence-electron chi connectivity index (χ3n) is 1.30. The summed E-state index contributed by atoms with van der Waals surface area (Å²) in [6.07, 6.45) is -2.41. The fourth-order valence-electron chi connectivity index (χ4n) is 0.766. The van der Waals surface area contributed by atoms with Crippen molar-refractivity contribution in [1.29, 1.82) is 0 Å². The molecule has 0 aliphatic rings. The van der Waals surface area contributed by atoms with Gasteiger partial charge in [0.25, 0.3) is 0 Å². The van der Waals surface area contributed by atoms with Crippen molar-refractivity contribution < 1.29 is 18.7 Å². The number of hydrogen-bond donors (Lipinski definition) is 1. The predicted molar refractivity (Wildman–Crippen MR) is 50.5 cm³/mol. The number of carboxylic acids is 1. The van der Waals surface area contributed by atoms with Gasteiger partial charge >= 0.3 is 5.97 Å². The number of aryl methyl sites for hydroxylation is 1. The summed E-state index contributed by atoms with van der Waals surface area (Å²) in [5.74, 6) is -1.42. The van der Waals surface area contributed by atoms with E-state index in [4.69, 9.17) is 5.11 Å². The molecular weight excluding hydrogens is 232 g/mol. The van der Waals surface area contributed by atoms with E-state index in [9.17, 15) is 13.6 Å². The van der Waals surface area contributed by atoms with E-state index >= 15 is 0 Å². The molecule has 0 amide bonds. The van der Waals surface area contributed by atoms with Crippen LogP contribution in [-0.4, -0.2) is 28.2 Å². The highest BCUT2D eigenvalue weighted by Gasteiger charge is 2.15. The van der Waals surface area contributed by atoms with E-state index in [1.165, 1.54) is 0 Å². The number of thioether (sulfide) groups is 1. The Morgan fingerprint density at radius 1 is 1.71 bits per heavy atom. The second-order valence-corrected chi connectivity index (χ2v) is 4.67. The lowest BCUT2D eigenvalue weighted by atomic mass is 10.4. The van der Waals surface area contributed by atoms with Gasteiger partial charge in [-0.25, -0.2) is 18.6 Å². The van der Waals surface area contributed by atoms with Crippen molar-refractivity contribution in [3.05, 3.63) is 10.6 Å². The Balaban J connectivity index is 2.71. The highest BCUT2D eigenvalue weighted by molar-refractivity contribution is 8.01. The first-order chi connectivity index (χ1) is 6.50. The first-order valence-electron chi connectivity index (χ1n) is 3.62. The molecule has 0 atom stereocenters. The van der Waals surface area contributed by atoms with Crippen LogP contribution in [-0.2, 0) is 0 Å². The summed E-state index contributed by atoms with van der Waals surface area (Å²) in [5.41, 5.74) is 0.374. The van der Waals surface area contributed by atoms with E-state index in [1.54, 1.807) is 6.92 Å². The summed E-state index contributed by atoms with van der Waals surface area (Å²) in [6.45, 7) is 1.55. The molecule has 0 saturated heterocycles. The van der Waals surface area contributed by atoms with Crippen molar-refractivity contribution in [2.24, 2.45) is 0 Å². The van der Waals surface area contributed by atoms with Crippen LogP contribution >= 0.6 is 23.1 Å². The zero-order valence-corrected chi connectivity index (χ0v) is 8.79. The zero-order chi connectivity index (χ0) is 10.7. The smallest absolute Gasteiger partial charge is 0.347 e. The van der Waals surface area contributed by atoms with Gasteiger partial charge in [0, 0.05) is 0 Å². The van der Waals surface area contributed by atoms with E-state index in [1.807, 2.05) is 0 Å². The lowest BCUT2D eigenvalue weighted by Crippen LogP contribution is -1.94. The van der Waals surface area contributed by atoms with Gasteiger partial charge in [0.1, 0.15) is 4.88 Å². The molecule has 14 heavy (non-hydrogen) atoms. The quantitative estimate of drug-likeness (QED) is 0.820. The second kappa shape index (κ2) is 4.70. The summed E-state index contributed by atoms with van der Waals surface area (Å²) >= 11 is 1.80. The van der Waals surface area contributed by atoms with E-state index in [2.05, 4.69) is 4.98 Å². The number of nitrogens with zero attached hydrogens (tertiary/aromatic N) is 1. The Kier molecular flexibility index (Phi) is 3.82. The van der Waals surface area contributed by atoms with Crippen molar-refractivity contribution >= 4 is 29.1 Å². The molecule has 0 aliphatic carbocycles. The molecule has 1 aromatic heterocycles. The second-order valence-electron chi connectivity index (χ2n) is 2.40. The Labute approximate surface area is 87.2 Å². The van der Waals surface area contributed by atoms with Crippen LogP contribution in [0.15, 0.2) is 4.34 Å². The van der Waals surface area contributed by atoms with Gasteiger partial charge in [-0.15, -0.1) is 11.3 Å². The SMILES string of the molecule is Cc1nc(SCC(F)F)sc1C(=O)O. The minimum Gasteiger partial charge on any atom is -0.477 e. The molecule has 0 spiro atoms. The molecular formula is C7H7F2NO2S2. The Hall–Kier alpha value is -0.690. The van der Waals surface area contributed by atoms with Gasteiger partial charge in [-0.1, -0.05) is 11.8 Å². The first kappa shape index (κ1) is 11.4. The molecule has 0 fully saturated rings. The van der Waals surface area contributed by atoms with Gasteiger partial charge in [-0.3, -0.25) is 0 Å². The van der Waals surface area contributed by atoms with Gasteiger partial charge in [0.2, 0.25) is 6.43 Å². The van der Waals surface area contributed by atoms with Crippen LogP contribution in [0.25, 0.3) is 0 Å². The zero-order valence-electron chi connectivity index (χ0n) is 7.16. The van der Waals surface area contributed by atoms with Crippen LogP contribution < -0.4 is 0 Å². The highest BCUT2D eigenvalue weighted by atomic mass is 32.2. The molecule has 0 unspecified atom stereocenters. The summed E-state index contributed by atoms with van der Waals surface area (Å²) in [5, 5.41) is 8.67. The molecule has 0 radical (unpaired) electrons. The maximum Gasteiger partial charge on any atom is 0.347 e. The molecule has 1 N–H and O–H groups in total. The van der Waals surface area contributed by atoms with Gasteiger partial charge in [0.15, 0.2) is 4.34 Å². The number of hydrogen-bond acceptors (Lipinski definition) is 4. The number of halogens is 2. The molecule has 0 saturated carbocycles. The number of aromatic nitrogens is 1. The minimum absolute atomic E-state index is 0.113. The van der Waals surface area contributed by atoms with Gasteiger partial charge < -0.3 is 5.11 Å². The Morgan fingerprint density at radius 2 is 2.36 bits per heavy atom. The van der Waals surface area contributed by atoms with Crippen LogP contribution in [0.5, 0.6) is 0 Å². The standard InChI is InChI=1S/C7H7F2NO2S2/c1-3-5(6(11)12)14-7(10-3)13-2-4(8)9/h4H,2H2,1H3,(H,11,12). The van der Waals surface area contributed by atoms with Crippen molar-refractivity contribution in [2.75, 3.05) is 5.75 Å². The molecule has 78 valence electrons. The van der Waals surface area contributed by atoms with Crippen LogP contribution in [0.1, 0.15) is 15.4 Å². The number of thiazole rings is 1. The van der Waals surface area contributed by atoms with Crippen molar-refractivity contribution in [2.45, 2.75) is 17.7 Å². The lowest BCUT2D eigenvalue weighted by molar-refractivity contribution is 0.0701. The van der Waals surface area contributed by atoms with Gasteiger partial charge in [-0.05, 0) is 6.92 Å². The van der Waals surface area contributed by atoms with E-state index in [-0.39, 0.29) is 10.6 Å². The molecule has 1 aromatic rings. The summed E-state index contributed by atoms with van der Waals surface area (Å²) in [4.78, 5) is 14.6. The van der Waals surface area contributed by atoms with Crippen LogP contribution in [0, 0.1) is 6.92 Å². The van der Waals surface area contributed by atoms with E-state index in [0.717, 1.165) is 23.1 Å². The van der Waals surface area contributed by atoms with Crippen molar-refractivity contribution in [3.63, 3.8) is 0 Å². The molecule has 7 heteroatoms. The largest absolute Gasteiger partial charge is 0.477 e. The monoisotopic (exact) mass is 239 g/mol. The maximum absolute atomic E-state index is 11.8. The number of carbonyl (C=O) groups is 1. The molecule has 1 heterocycles. The predicted octanol–water partition coefficient (Wildman–Crippen LogP) is 2.51. The van der Waals surface area contributed by atoms with Crippen LogP contribution in [0.2, 0.25) is 0 Å². The summed E-state index contributed by atoms with van der Waals surface area (Å²) in [7, 11) is 0. The average molecular weight is 239 g/mol. The maximum atomic E-state index is 11.8. The van der Waals surface area contributed by atoms with Crippen molar-refractivity contribution in [3.8, 4) is 0 Å².